The molecule has 1 aliphatic heterocycles. The van der Waals surface area contributed by atoms with Crippen LogP contribution in [-0.2, 0) is 10.2 Å². The number of hydrogen-bond donors (Lipinski definition) is 2. The summed E-state index contributed by atoms with van der Waals surface area (Å²) in [6.07, 6.45) is 1.78. The third-order valence-corrected chi connectivity index (χ3v) is 6.44. The number of nitrogens with one attached hydrogen (secondary N) is 2. The van der Waals surface area contributed by atoms with Crippen molar-refractivity contribution >= 4 is 11.7 Å². The molecule has 1 saturated heterocycles. The first kappa shape index (κ1) is 22.3. The molecule has 3 heterocycles. The number of carbonyl (C=O) groups is 1. The van der Waals surface area contributed by atoms with Crippen LogP contribution in [0.25, 0.3) is 11.3 Å². The van der Waals surface area contributed by atoms with E-state index in [1.807, 2.05) is 6.07 Å². The van der Waals surface area contributed by atoms with Gasteiger partial charge in [0.25, 0.3) is 5.91 Å². The van der Waals surface area contributed by atoms with Crippen molar-refractivity contribution in [3.8, 4) is 11.3 Å². The van der Waals surface area contributed by atoms with Crippen LogP contribution >= 0.6 is 0 Å². The van der Waals surface area contributed by atoms with Crippen LogP contribution in [0.5, 0.6) is 0 Å². The molecule has 0 unspecified atom stereocenters. The average Bonchev–Trinajstić information content (AvgIpc) is 3.35. The Kier molecular flexibility index (Phi) is 6.19. The van der Waals surface area contributed by atoms with Crippen molar-refractivity contribution in [1.82, 2.24) is 20.5 Å². The average molecular weight is 466 g/mol. The van der Waals surface area contributed by atoms with Crippen molar-refractivity contribution in [3.63, 3.8) is 0 Å². The Hall–Kier alpha value is -3.46. The lowest BCUT2D eigenvalue weighted by Crippen LogP contribution is -2.49. The Bertz CT molecular complexity index is 1160. The van der Waals surface area contributed by atoms with Crippen molar-refractivity contribution in [1.29, 1.82) is 0 Å². The zero-order valence-electron chi connectivity index (χ0n) is 18.5. The third kappa shape index (κ3) is 4.61. The lowest BCUT2D eigenvalue weighted by molar-refractivity contribution is 0.0929. The van der Waals surface area contributed by atoms with Crippen LogP contribution in [0.4, 0.5) is 14.6 Å². The van der Waals surface area contributed by atoms with Crippen LogP contribution in [0, 0.1) is 5.82 Å². The molecular formula is C25H25F2N5O2. The van der Waals surface area contributed by atoms with E-state index in [-0.39, 0.29) is 30.5 Å². The Balaban J connectivity index is 1.26. The number of hydrogen-bond acceptors (Lipinski definition) is 6. The van der Waals surface area contributed by atoms with Gasteiger partial charge in [0, 0.05) is 35.9 Å². The summed E-state index contributed by atoms with van der Waals surface area (Å²) in [5.74, 6) is -0.0822. The van der Waals surface area contributed by atoms with Gasteiger partial charge in [0.1, 0.15) is 17.8 Å². The summed E-state index contributed by atoms with van der Waals surface area (Å²) < 4.78 is 33.4. The standard InChI is InChI=1S/C25H25F2N5O2/c26-18-12-25(13-18,23-20(27)5-2-9-28-23)15-29-22-7-6-21(31-32-22)16-3-1-4-17(11-16)24(33)30-19-8-10-34-14-19/h1-7,9,11,18-19H,8,10,12-15H2,(H,29,32)(H,30,33)/t18?,19-,25?/m1/s1. The van der Waals surface area contributed by atoms with Crippen LogP contribution in [0.2, 0.25) is 0 Å². The maximum Gasteiger partial charge on any atom is 0.251 e. The normalized spacial score (nSPS) is 23.8. The van der Waals surface area contributed by atoms with Crippen molar-refractivity contribution in [3.05, 3.63) is 71.8 Å². The number of aromatic nitrogens is 3. The first-order chi connectivity index (χ1) is 16.5. The van der Waals surface area contributed by atoms with E-state index in [4.69, 9.17) is 4.74 Å². The van der Waals surface area contributed by atoms with Crippen LogP contribution < -0.4 is 10.6 Å². The number of halogens is 2. The summed E-state index contributed by atoms with van der Waals surface area (Å²) in [5, 5.41) is 14.6. The summed E-state index contributed by atoms with van der Waals surface area (Å²) in [5.41, 5.74) is 1.48. The van der Waals surface area contributed by atoms with Gasteiger partial charge in [-0.05, 0) is 55.7 Å². The minimum absolute atomic E-state index is 0.0347. The van der Waals surface area contributed by atoms with Crippen molar-refractivity contribution < 1.29 is 18.3 Å². The fourth-order valence-electron chi connectivity index (χ4n) is 4.56. The van der Waals surface area contributed by atoms with E-state index in [1.165, 1.54) is 18.3 Å². The van der Waals surface area contributed by atoms with Gasteiger partial charge >= 0.3 is 0 Å². The van der Waals surface area contributed by atoms with Gasteiger partial charge in [-0.2, -0.15) is 0 Å². The highest BCUT2D eigenvalue weighted by Gasteiger charge is 2.48. The highest BCUT2D eigenvalue weighted by Crippen LogP contribution is 2.45. The molecule has 1 amide bonds. The smallest absolute Gasteiger partial charge is 0.251 e. The maximum absolute atomic E-state index is 14.3. The number of carbonyl (C=O) groups excluding carboxylic acids is 1. The first-order valence-corrected chi connectivity index (χ1v) is 11.3. The minimum Gasteiger partial charge on any atom is -0.379 e. The Morgan fingerprint density at radius 1 is 1.15 bits per heavy atom. The van der Waals surface area contributed by atoms with Gasteiger partial charge in [0.2, 0.25) is 0 Å². The van der Waals surface area contributed by atoms with Gasteiger partial charge in [-0.15, -0.1) is 10.2 Å². The van der Waals surface area contributed by atoms with Crippen molar-refractivity contribution in [2.24, 2.45) is 0 Å². The molecule has 2 fully saturated rings. The molecule has 176 valence electrons. The predicted octanol–water partition coefficient (Wildman–Crippen LogP) is 3.68. The van der Waals surface area contributed by atoms with Crippen molar-refractivity contribution in [2.75, 3.05) is 25.1 Å². The molecule has 9 heteroatoms. The molecule has 3 aromatic rings. The molecule has 1 atom stereocenters. The molecule has 1 saturated carbocycles. The zero-order valence-corrected chi connectivity index (χ0v) is 18.5. The van der Waals surface area contributed by atoms with E-state index < -0.39 is 17.4 Å². The zero-order chi connectivity index (χ0) is 23.5. The van der Waals surface area contributed by atoms with E-state index in [0.717, 1.165) is 12.0 Å². The monoisotopic (exact) mass is 465 g/mol. The molecule has 0 radical (unpaired) electrons. The van der Waals surface area contributed by atoms with E-state index in [2.05, 4.69) is 25.8 Å². The number of amides is 1. The minimum atomic E-state index is -0.970. The van der Waals surface area contributed by atoms with Gasteiger partial charge in [-0.25, -0.2) is 8.78 Å². The van der Waals surface area contributed by atoms with E-state index >= 15 is 0 Å². The third-order valence-electron chi connectivity index (χ3n) is 6.44. The summed E-state index contributed by atoms with van der Waals surface area (Å²) in [4.78, 5) is 16.7. The number of alkyl halides is 1. The molecule has 0 bridgehead atoms. The number of benzene rings is 1. The highest BCUT2D eigenvalue weighted by molar-refractivity contribution is 5.95. The van der Waals surface area contributed by atoms with Gasteiger partial charge < -0.3 is 15.4 Å². The number of pyridine rings is 1. The molecule has 2 aliphatic rings. The molecule has 34 heavy (non-hydrogen) atoms. The predicted molar refractivity (Wildman–Crippen MR) is 123 cm³/mol. The Labute approximate surface area is 196 Å². The summed E-state index contributed by atoms with van der Waals surface area (Å²) in [7, 11) is 0. The maximum atomic E-state index is 14.3. The van der Waals surface area contributed by atoms with Gasteiger partial charge in [0.15, 0.2) is 0 Å². The fourth-order valence-corrected chi connectivity index (χ4v) is 4.56. The Morgan fingerprint density at radius 3 is 2.74 bits per heavy atom. The van der Waals surface area contributed by atoms with E-state index in [9.17, 15) is 13.6 Å². The second kappa shape index (κ2) is 9.42. The Morgan fingerprint density at radius 2 is 2.03 bits per heavy atom. The van der Waals surface area contributed by atoms with Crippen molar-refractivity contribution in [2.45, 2.75) is 36.9 Å². The number of anilines is 1. The molecule has 5 rings (SSSR count). The quantitative estimate of drug-likeness (QED) is 0.554. The van der Waals surface area contributed by atoms with Crippen LogP contribution in [0.3, 0.4) is 0 Å². The summed E-state index contributed by atoms with van der Waals surface area (Å²) >= 11 is 0. The molecule has 7 nitrogen and oxygen atoms in total. The fraction of sp³-hybridized carbons (Fsp3) is 0.360. The molecule has 1 aromatic carbocycles. The first-order valence-electron chi connectivity index (χ1n) is 11.3. The van der Waals surface area contributed by atoms with Crippen LogP contribution in [0.1, 0.15) is 35.3 Å². The molecule has 1 aliphatic carbocycles. The topological polar surface area (TPSA) is 89.0 Å². The summed E-state index contributed by atoms with van der Waals surface area (Å²) in [6, 6.07) is 13.7. The molecule has 2 aromatic heterocycles. The number of rotatable bonds is 7. The van der Waals surface area contributed by atoms with Gasteiger partial charge in [0.05, 0.1) is 24.0 Å². The van der Waals surface area contributed by atoms with Gasteiger partial charge in [-0.3, -0.25) is 9.78 Å². The second-order valence-corrected chi connectivity index (χ2v) is 8.89. The van der Waals surface area contributed by atoms with E-state index in [1.54, 1.807) is 30.3 Å². The molecule has 2 N–H and O–H groups in total. The number of ether oxygens (including phenoxy) is 1. The largest absolute Gasteiger partial charge is 0.379 e. The second-order valence-electron chi connectivity index (χ2n) is 8.89. The van der Waals surface area contributed by atoms with E-state index in [0.29, 0.717) is 36.8 Å². The molecular weight excluding hydrogens is 440 g/mol. The van der Waals surface area contributed by atoms with Crippen LogP contribution in [-0.4, -0.2) is 53.1 Å². The van der Waals surface area contributed by atoms with Crippen LogP contribution in [0.15, 0.2) is 54.7 Å². The van der Waals surface area contributed by atoms with Gasteiger partial charge in [-0.1, -0.05) is 12.1 Å². The lowest BCUT2D eigenvalue weighted by Gasteiger charge is -2.44. The number of nitrogens with zero attached hydrogens (tertiary/aromatic N) is 3. The lowest BCUT2D eigenvalue weighted by atomic mass is 9.65. The molecule has 0 spiro atoms. The highest BCUT2D eigenvalue weighted by atomic mass is 19.1. The SMILES string of the molecule is O=C(N[C@@H]1CCOC1)c1cccc(-c2ccc(NCC3(c4ncccc4F)CC(F)C3)nn2)c1. The summed E-state index contributed by atoms with van der Waals surface area (Å²) in [6.45, 7) is 1.49.